The molecule has 1 aliphatic heterocycles. The van der Waals surface area contributed by atoms with Gasteiger partial charge in [-0.3, -0.25) is 4.90 Å². The van der Waals surface area contributed by atoms with Gasteiger partial charge in [-0.25, -0.2) is 0 Å². The molecule has 0 aromatic heterocycles. The third-order valence-corrected chi connectivity index (χ3v) is 5.48. The van der Waals surface area contributed by atoms with Crippen molar-refractivity contribution in [2.75, 3.05) is 13.1 Å². The molecule has 1 aliphatic rings. The SMILES string of the molecule is Cc1ccc(C2(O)CCN([C@H](C)[C@@H](O)c3ccc(O)cc3)CC2)cc1. The Morgan fingerprint density at radius 2 is 1.52 bits per heavy atom. The standard InChI is InChI=1S/C21H27NO3/c1-15-3-7-18(8-4-15)21(25)11-13-22(14-12-21)16(2)20(24)17-5-9-19(23)10-6-17/h3-10,16,20,23-25H,11-14H2,1-2H3/t16-,20-/m1/s1. The van der Waals surface area contributed by atoms with E-state index >= 15 is 0 Å². The molecule has 0 spiro atoms. The highest BCUT2D eigenvalue weighted by molar-refractivity contribution is 5.29. The van der Waals surface area contributed by atoms with Gasteiger partial charge in [0.25, 0.3) is 0 Å². The van der Waals surface area contributed by atoms with Crippen molar-refractivity contribution >= 4 is 0 Å². The zero-order valence-electron chi connectivity index (χ0n) is 14.9. The Labute approximate surface area is 149 Å². The van der Waals surface area contributed by atoms with E-state index in [2.05, 4.69) is 4.90 Å². The summed E-state index contributed by atoms with van der Waals surface area (Å²) in [7, 11) is 0. The molecule has 1 heterocycles. The Bertz CT molecular complexity index is 688. The van der Waals surface area contributed by atoms with Gasteiger partial charge in [-0.2, -0.15) is 0 Å². The van der Waals surface area contributed by atoms with Crippen LogP contribution in [0.15, 0.2) is 48.5 Å². The smallest absolute Gasteiger partial charge is 0.115 e. The number of benzene rings is 2. The maximum atomic E-state index is 11.0. The van der Waals surface area contributed by atoms with Crippen LogP contribution >= 0.6 is 0 Å². The molecule has 0 saturated carbocycles. The van der Waals surface area contributed by atoms with Crippen LogP contribution < -0.4 is 0 Å². The Balaban J connectivity index is 1.64. The number of phenolic OH excluding ortho intramolecular Hbond substituents is 1. The van der Waals surface area contributed by atoms with Crippen molar-refractivity contribution in [1.29, 1.82) is 0 Å². The summed E-state index contributed by atoms with van der Waals surface area (Å²) in [6, 6.07) is 14.8. The van der Waals surface area contributed by atoms with Crippen molar-refractivity contribution in [3.8, 4) is 5.75 Å². The van der Waals surface area contributed by atoms with Gasteiger partial charge in [-0.15, -0.1) is 0 Å². The molecule has 3 N–H and O–H groups in total. The summed E-state index contributed by atoms with van der Waals surface area (Å²) in [5.41, 5.74) is 2.18. The van der Waals surface area contributed by atoms with E-state index in [0.29, 0.717) is 12.8 Å². The van der Waals surface area contributed by atoms with Crippen molar-refractivity contribution in [2.24, 2.45) is 0 Å². The number of likely N-dealkylation sites (tertiary alicyclic amines) is 1. The number of hydrogen-bond acceptors (Lipinski definition) is 4. The molecular formula is C21H27NO3. The summed E-state index contributed by atoms with van der Waals surface area (Å²) in [6.07, 6.45) is 0.692. The summed E-state index contributed by atoms with van der Waals surface area (Å²) < 4.78 is 0. The minimum atomic E-state index is -0.784. The zero-order valence-corrected chi connectivity index (χ0v) is 14.9. The van der Waals surface area contributed by atoms with Gasteiger partial charge in [0.2, 0.25) is 0 Å². The summed E-state index contributed by atoms with van der Waals surface area (Å²) in [6.45, 7) is 5.53. The van der Waals surface area contributed by atoms with Gasteiger partial charge in [0.15, 0.2) is 0 Å². The summed E-state index contributed by atoms with van der Waals surface area (Å²) in [5, 5.41) is 31.0. The van der Waals surface area contributed by atoms with Crippen LogP contribution in [0.1, 0.15) is 42.6 Å². The predicted octanol–water partition coefficient (Wildman–Crippen LogP) is 3.11. The van der Waals surface area contributed by atoms with Crippen LogP contribution in [0.5, 0.6) is 5.75 Å². The number of hydrogen-bond donors (Lipinski definition) is 3. The van der Waals surface area contributed by atoms with Crippen molar-refractivity contribution in [3.63, 3.8) is 0 Å². The molecule has 2 aromatic rings. The van der Waals surface area contributed by atoms with Crippen molar-refractivity contribution in [2.45, 2.75) is 44.4 Å². The van der Waals surface area contributed by atoms with Crippen LogP contribution in [-0.4, -0.2) is 39.4 Å². The van der Waals surface area contributed by atoms with Crippen LogP contribution in [0.2, 0.25) is 0 Å². The van der Waals surface area contributed by atoms with E-state index in [9.17, 15) is 15.3 Å². The minimum absolute atomic E-state index is 0.0490. The fourth-order valence-corrected chi connectivity index (χ4v) is 3.60. The molecular weight excluding hydrogens is 314 g/mol. The number of aryl methyl sites for hydroxylation is 1. The van der Waals surface area contributed by atoms with Crippen molar-refractivity contribution in [1.82, 2.24) is 4.90 Å². The lowest BCUT2D eigenvalue weighted by Gasteiger charge is -2.42. The molecule has 2 aromatic carbocycles. The van der Waals surface area contributed by atoms with Crippen molar-refractivity contribution < 1.29 is 15.3 Å². The predicted molar refractivity (Wildman–Crippen MR) is 98.4 cm³/mol. The lowest BCUT2D eigenvalue weighted by molar-refractivity contribution is -0.0501. The second-order valence-electron chi connectivity index (χ2n) is 7.21. The van der Waals surface area contributed by atoms with Gasteiger partial charge < -0.3 is 15.3 Å². The summed E-state index contributed by atoms with van der Waals surface area (Å²) >= 11 is 0. The number of phenols is 1. The molecule has 4 nitrogen and oxygen atoms in total. The first-order valence-corrected chi connectivity index (χ1v) is 8.90. The van der Waals surface area contributed by atoms with E-state index in [4.69, 9.17) is 0 Å². The fourth-order valence-electron chi connectivity index (χ4n) is 3.60. The van der Waals surface area contributed by atoms with Crippen LogP contribution in [0, 0.1) is 6.92 Å². The van der Waals surface area contributed by atoms with Crippen molar-refractivity contribution in [3.05, 3.63) is 65.2 Å². The number of aliphatic hydroxyl groups excluding tert-OH is 1. The molecule has 0 bridgehead atoms. The van der Waals surface area contributed by atoms with E-state index in [0.717, 1.165) is 24.2 Å². The average Bonchev–Trinajstić information content (AvgIpc) is 2.62. The first-order valence-electron chi connectivity index (χ1n) is 8.90. The lowest BCUT2D eigenvalue weighted by Crippen LogP contribution is -2.47. The highest BCUT2D eigenvalue weighted by atomic mass is 16.3. The molecule has 0 amide bonds. The molecule has 3 rings (SSSR count). The number of aromatic hydroxyl groups is 1. The summed E-state index contributed by atoms with van der Waals surface area (Å²) in [5.74, 6) is 0.199. The molecule has 4 heteroatoms. The maximum Gasteiger partial charge on any atom is 0.115 e. The van der Waals surface area contributed by atoms with Gasteiger partial charge in [-0.1, -0.05) is 42.0 Å². The zero-order chi connectivity index (χ0) is 18.0. The molecule has 0 unspecified atom stereocenters. The summed E-state index contributed by atoms with van der Waals surface area (Å²) in [4.78, 5) is 2.22. The quantitative estimate of drug-likeness (QED) is 0.800. The van der Waals surface area contributed by atoms with Gasteiger partial charge >= 0.3 is 0 Å². The number of nitrogens with zero attached hydrogens (tertiary/aromatic N) is 1. The Kier molecular flexibility index (Phi) is 5.13. The van der Waals surface area contributed by atoms with Gasteiger partial charge in [0.05, 0.1) is 11.7 Å². The topological polar surface area (TPSA) is 63.9 Å². The Morgan fingerprint density at radius 1 is 0.960 bits per heavy atom. The second kappa shape index (κ2) is 7.16. The van der Waals surface area contributed by atoms with E-state index in [1.165, 1.54) is 5.56 Å². The van der Waals surface area contributed by atoms with Crippen LogP contribution in [0.3, 0.4) is 0 Å². The molecule has 2 atom stereocenters. The van der Waals surface area contributed by atoms with Crippen LogP contribution in [-0.2, 0) is 5.60 Å². The normalized spacial score (nSPS) is 20.2. The number of aliphatic hydroxyl groups is 2. The van der Waals surface area contributed by atoms with Crippen LogP contribution in [0.4, 0.5) is 0 Å². The van der Waals surface area contributed by atoms with Gasteiger partial charge in [-0.05, 0) is 49.9 Å². The monoisotopic (exact) mass is 341 g/mol. The largest absolute Gasteiger partial charge is 0.508 e. The molecule has 25 heavy (non-hydrogen) atoms. The highest BCUT2D eigenvalue weighted by Crippen LogP contribution is 2.35. The average molecular weight is 341 g/mol. The van der Waals surface area contributed by atoms with E-state index in [1.807, 2.05) is 38.1 Å². The first kappa shape index (κ1) is 17.9. The van der Waals surface area contributed by atoms with E-state index in [1.54, 1.807) is 24.3 Å². The van der Waals surface area contributed by atoms with E-state index in [-0.39, 0.29) is 11.8 Å². The maximum absolute atomic E-state index is 11.0. The molecule has 0 radical (unpaired) electrons. The minimum Gasteiger partial charge on any atom is -0.508 e. The second-order valence-corrected chi connectivity index (χ2v) is 7.21. The molecule has 1 saturated heterocycles. The Hall–Kier alpha value is -1.88. The third-order valence-electron chi connectivity index (χ3n) is 5.48. The number of piperidine rings is 1. The lowest BCUT2D eigenvalue weighted by atomic mass is 9.83. The first-order chi connectivity index (χ1) is 11.9. The molecule has 134 valence electrons. The third kappa shape index (κ3) is 3.87. The van der Waals surface area contributed by atoms with Crippen LogP contribution in [0.25, 0.3) is 0 Å². The molecule has 1 fully saturated rings. The number of rotatable bonds is 4. The fraction of sp³-hybridized carbons (Fsp3) is 0.429. The van der Waals surface area contributed by atoms with Gasteiger partial charge in [0, 0.05) is 19.1 Å². The van der Waals surface area contributed by atoms with E-state index < -0.39 is 11.7 Å². The Morgan fingerprint density at radius 3 is 2.08 bits per heavy atom. The van der Waals surface area contributed by atoms with Gasteiger partial charge in [0.1, 0.15) is 5.75 Å². The highest BCUT2D eigenvalue weighted by Gasteiger charge is 2.36. The molecule has 0 aliphatic carbocycles.